The lowest BCUT2D eigenvalue weighted by Gasteiger charge is -2.24. The Labute approximate surface area is 89.1 Å². The molecule has 2 heterocycles. The van der Waals surface area contributed by atoms with Crippen LogP contribution in [0.15, 0.2) is 0 Å². The third-order valence-corrected chi connectivity index (χ3v) is 3.23. The zero-order valence-electron chi connectivity index (χ0n) is 8.72. The number of hydrogen-bond donors (Lipinski definition) is 3. The van der Waals surface area contributed by atoms with Gasteiger partial charge in [0.2, 0.25) is 5.91 Å². The summed E-state index contributed by atoms with van der Waals surface area (Å²) < 4.78 is 0. The Morgan fingerprint density at radius 2 is 1.87 bits per heavy atom. The van der Waals surface area contributed by atoms with E-state index < -0.39 is 12.2 Å². The molecular formula is C10H18N2O3. The fourth-order valence-electron chi connectivity index (χ4n) is 2.32. The predicted molar refractivity (Wildman–Crippen MR) is 54.2 cm³/mol. The van der Waals surface area contributed by atoms with Crippen LogP contribution in [0.1, 0.15) is 19.3 Å². The van der Waals surface area contributed by atoms with Crippen molar-refractivity contribution in [2.45, 2.75) is 37.5 Å². The van der Waals surface area contributed by atoms with E-state index in [0.717, 1.165) is 25.8 Å². The van der Waals surface area contributed by atoms with Gasteiger partial charge in [0.1, 0.15) is 0 Å². The van der Waals surface area contributed by atoms with Gasteiger partial charge in [-0.2, -0.15) is 0 Å². The number of β-amino-alcohol motifs (C(OH)–C–C–N with tert-alkyl or cyclic N) is 2. The van der Waals surface area contributed by atoms with Gasteiger partial charge < -0.3 is 15.5 Å². The number of aliphatic hydroxyl groups excluding tert-OH is 2. The van der Waals surface area contributed by atoms with Gasteiger partial charge in [-0.3, -0.25) is 9.69 Å². The van der Waals surface area contributed by atoms with Gasteiger partial charge >= 0.3 is 0 Å². The molecule has 0 aromatic carbocycles. The molecule has 0 aromatic heterocycles. The number of likely N-dealkylation sites (tertiary alicyclic amines) is 1. The Bertz CT molecular complexity index is 237. The molecule has 0 radical (unpaired) electrons. The van der Waals surface area contributed by atoms with Crippen molar-refractivity contribution >= 4 is 5.91 Å². The molecule has 5 nitrogen and oxygen atoms in total. The van der Waals surface area contributed by atoms with Crippen molar-refractivity contribution in [3.05, 3.63) is 0 Å². The van der Waals surface area contributed by atoms with Crippen molar-refractivity contribution in [3.8, 4) is 0 Å². The molecule has 86 valence electrons. The van der Waals surface area contributed by atoms with Crippen LogP contribution < -0.4 is 5.32 Å². The number of nitrogens with zero attached hydrogens (tertiary/aromatic N) is 1. The first-order valence-electron chi connectivity index (χ1n) is 5.56. The molecule has 3 N–H and O–H groups in total. The first-order chi connectivity index (χ1) is 7.18. The summed E-state index contributed by atoms with van der Waals surface area (Å²) in [5, 5.41) is 21.7. The Balaban J connectivity index is 1.99. The van der Waals surface area contributed by atoms with E-state index in [2.05, 4.69) is 5.32 Å². The number of rotatable bonds is 1. The van der Waals surface area contributed by atoms with E-state index in [4.69, 9.17) is 0 Å². The molecule has 0 spiro atoms. The largest absolute Gasteiger partial charge is 0.389 e. The molecule has 2 aliphatic heterocycles. The molecule has 0 aromatic rings. The molecule has 3 atom stereocenters. The first kappa shape index (κ1) is 10.9. The first-order valence-corrected chi connectivity index (χ1v) is 5.56. The third-order valence-electron chi connectivity index (χ3n) is 3.23. The molecule has 1 unspecified atom stereocenters. The highest BCUT2D eigenvalue weighted by Crippen LogP contribution is 2.18. The van der Waals surface area contributed by atoms with Crippen molar-refractivity contribution in [1.29, 1.82) is 0 Å². The maximum absolute atomic E-state index is 11.7. The molecule has 0 aliphatic carbocycles. The minimum absolute atomic E-state index is 0.0359. The van der Waals surface area contributed by atoms with Gasteiger partial charge in [0.05, 0.1) is 18.2 Å². The van der Waals surface area contributed by atoms with Gasteiger partial charge in [0.15, 0.2) is 0 Å². The van der Waals surface area contributed by atoms with Crippen molar-refractivity contribution in [2.24, 2.45) is 0 Å². The average Bonchev–Trinajstić information content (AvgIpc) is 2.41. The summed E-state index contributed by atoms with van der Waals surface area (Å²) in [6.07, 6.45) is 1.44. The summed E-state index contributed by atoms with van der Waals surface area (Å²) in [5.41, 5.74) is 0. The lowest BCUT2D eigenvalue weighted by molar-refractivity contribution is -0.125. The van der Waals surface area contributed by atoms with Crippen molar-refractivity contribution < 1.29 is 15.0 Å². The Kier molecular flexibility index (Phi) is 3.23. The van der Waals surface area contributed by atoms with Crippen LogP contribution in [0.2, 0.25) is 0 Å². The minimum atomic E-state index is -0.707. The summed E-state index contributed by atoms with van der Waals surface area (Å²) in [4.78, 5) is 13.6. The summed E-state index contributed by atoms with van der Waals surface area (Å²) in [6, 6.07) is -0.167. The Morgan fingerprint density at radius 3 is 2.53 bits per heavy atom. The van der Waals surface area contributed by atoms with Gasteiger partial charge in [-0.25, -0.2) is 0 Å². The van der Waals surface area contributed by atoms with E-state index in [-0.39, 0.29) is 11.9 Å². The number of aliphatic hydroxyl groups is 2. The summed E-state index contributed by atoms with van der Waals surface area (Å²) in [6.45, 7) is 1.55. The van der Waals surface area contributed by atoms with E-state index >= 15 is 0 Å². The maximum Gasteiger partial charge on any atom is 0.237 e. The number of carbonyl (C=O) groups is 1. The van der Waals surface area contributed by atoms with E-state index in [1.165, 1.54) is 0 Å². The van der Waals surface area contributed by atoms with Crippen LogP contribution in [0.25, 0.3) is 0 Å². The fourth-order valence-corrected chi connectivity index (χ4v) is 2.32. The average molecular weight is 214 g/mol. The highest BCUT2D eigenvalue weighted by Gasteiger charge is 2.36. The second-order valence-electron chi connectivity index (χ2n) is 4.39. The second-order valence-corrected chi connectivity index (χ2v) is 4.39. The zero-order valence-corrected chi connectivity index (χ0v) is 8.72. The van der Waals surface area contributed by atoms with Gasteiger partial charge in [-0.05, 0) is 19.3 Å². The topological polar surface area (TPSA) is 72.8 Å². The van der Waals surface area contributed by atoms with Gasteiger partial charge in [-0.15, -0.1) is 0 Å². The van der Waals surface area contributed by atoms with Gasteiger partial charge in [-0.1, -0.05) is 0 Å². The smallest absolute Gasteiger partial charge is 0.237 e. The maximum atomic E-state index is 11.7. The molecule has 2 fully saturated rings. The van der Waals surface area contributed by atoms with Crippen LogP contribution in [-0.4, -0.2) is 58.9 Å². The quantitative estimate of drug-likeness (QED) is 0.507. The zero-order chi connectivity index (χ0) is 10.8. The summed E-state index contributed by atoms with van der Waals surface area (Å²) >= 11 is 0. The minimum Gasteiger partial charge on any atom is -0.389 e. The molecule has 0 saturated carbocycles. The fraction of sp³-hybridized carbons (Fsp3) is 0.900. The number of amides is 1. The lowest BCUT2D eigenvalue weighted by Crippen LogP contribution is -2.45. The van der Waals surface area contributed by atoms with Crippen molar-refractivity contribution in [3.63, 3.8) is 0 Å². The number of carbonyl (C=O) groups excluding carboxylic acids is 1. The monoisotopic (exact) mass is 214 g/mol. The second kappa shape index (κ2) is 4.47. The lowest BCUT2D eigenvalue weighted by atomic mass is 10.1. The normalized spacial score (nSPS) is 38.8. The molecule has 0 bridgehead atoms. The van der Waals surface area contributed by atoms with Gasteiger partial charge in [0, 0.05) is 19.6 Å². The predicted octanol–water partition coefficient (Wildman–Crippen LogP) is -1.31. The molecule has 2 aliphatic rings. The number of nitrogens with one attached hydrogen (secondary N) is 1. The Morgan fingerprint density at radius 1 is 1.20 bits per heavy atom. The van der Waals surface area contributed by atoms with Crippen LogP contribution in [0.3, 0.4) is 0 Å². The summed E-state index contributed by atoms with van der Waals surface area (Å²) in [5.74, 6) is 0.0359. The van der Waals surface area contributed by atoms with Crippen LogP contribution in [0, 0.1) is 0 Å². The van der Waals surface area contributed by atoms with Crippen molar-refractivity contribution in [1.82, 2.24) is 10.2 Å². The molecular weight excluding hydrogens is 196 g/mol. The van der Waals surface area contributed by atoms with E-state index in [1.54, 1.807) is 0 Å². The van der Waals surface area contributed by atoms with Crippen LogP contribution >= 0.6 is 0 Å². The van der Waals surface area contributed by atoms with E-state index in [1.807, 2.05) is 4.90 Å². The van der Waals surface area contributed by atoms with E-state index in [9.17, 15) is 15.0 Å². The van der Waals surface area contributed by atoms with Crippen LogP contribution in [0.4, 0.5) is 0 Å². The van der Waals surface area contributed by atoms with Crippen LogP contribution in [-0.2, 0) is 4.79 Å². The molecule has 2 rings (SSSR count). The highest BCUT2D eigenvalue weighted by molar-refractivity contribution is 5.82. The Hall–Kier alpha value is -0.650. The summed E-state index contributed by atoms with van der Waals surface area (Å²) in [7, 11) is 0. The van der Waals surface area contributed by atoms with E-state index in [0.29, 0.717) is 13.1 Å². The SMILES string of the molecule is O=C1NCCCCC1N1C[C@@H](O)[C@@H](O)C1. The highest BCUT2D eigenvalue weighted by atomic mass is 16.3. The standard InChI is InChI=1S/C10H18N2O3/c13-8-5-12(6-9(8)14)7-3-1-2-4-11-10(7)15/h7-9,13-14H,1-6H2,(H,11,15)/t7?,8-,9+. The molecule has 15 heavy (non-hydrogen) atoms. The third kappa shape index (κ3) is 2.30. The van der Waals surface area contributed by atoms with Crippen LogP contribution in [0.5, 0.6) is 0 Å². The molecule has 5 heteroatoms. The van der Waals surface area contributed by atoms with Gasteiger partial charge in [0.25, 0.3) is 0 Å². The molecule has 2 saturated heterocycles. The molecule has 1 amide bonds. The number of hydrogen-bond acceptors (Lipinski definition) is 4. The van der Waals surface area contributed by atoms with Crippen molar-refractivity contribution in [2.75, 3.05) is 19.6 Å².